The Morgan fingerprint density at radius 1 is 1.40 bits per heavy atom. The van der Waals surface area contributed by atoms with Crippen LogP contribution in [0.1, 0.15) is 37.4 Å². The smallest absolute Gasteiger partial charge is 0.324 e. The summed E-state index contributed by atoms with van der Waals surface area (Å²) in [4.78, 5) is 37.2. The summed E-state index contributed by atoms with van der Waals surface area (Å²) in [7, 11) is 0. The van der Waals surface area contributed by atoms with Crippen molar-refractivity contribution in [1.82, 2.24) is 0 Å². The van der Waals surface area contributed by atoms with Crippen molar-refractivity contribution in [2.24, 2.45) is 5.73 Å². The lowest BCUT2D eigenvalue weighted by atomic mass is 10.0. The number of nitrogens with one attached hydrogen (secondary N) is 2. The van der Waals surface area contributed by atoms with E-state index in [4.69, 9.17) is 5.73 Å². The third-order valence-electron chi connectivity index (χ3n) is 4.20. The number of fused-ring (bicyclic) bond motifs is 1. The highest BCUT2D eigenvalue weighted by molar-refractivity contribution is 7.18. The highest BCUT2D eigenvalue weighted by atomic mass is 32.1. The van der Waals surface area contributed by atoms with Crippen molar-refractivity contribution in [3.63, 3.8) is 0 Å². The van der Waals surface area contributed by atoms with Crippen LogP contribution in [0.15, 0.2) is 12.1 Å². The summed E-state index contributed by atoms with van der Waals surface area (Å²) in [6.45, 7) is 4.82. The van der Waals surface area contributed by atoms with Gasteiger partial charge in [-0.25, -0.2) is 0 Å². The van der Waals surface area contributed by atoms with Crippen LogP contribution >= 0.6 is 22.7 Å². The molecule has 0 fully saturated rings. The number of nitrogens with two attached hydrogens (primary N) is 1. The van der Waals surface area contributed by atoms with Gasteiger partial charge in [-0.1, -0.05) is 11.3 Å². The standard InChI is InChI=1S/C15H16N4O4S2/c1-2-18-6-5-8-10(7-18)25-15(12(8)13(16)20)17-14(21)9-3-4-11(24-9)19(22)23/h3-4H,2,5-7H2,1H3,(H2,16,20)(H,17,21)/p+1. The first-order chi connectivity index (χ1) is 11.9. The monoisotopic (exact) mass is 381 g/mol. The van der Waals surface area contributed by atoms with E-state index in [2.05, 4.69) is 12.2 Å². The van der Waals surface area contributed by atoms with Gasteiger partial charge in [0.1, 0.15) is 11.5 Å². The second kappa shape index (κ2) is 6.90. The summed E-state index contributed by atoms with van der Waals surface area (Å²) in [6, 6.07) is 2.69. The number of nitro groups is 1. The van der Waals surface area contributed by atoms with Crippen LogP contribution < -0.4 is 16.0 Å². The van der Waals surface area contributed by atoms with Crippen LogP contribution in [0.5, 0.6) is 0 Å². The van der Waals surface area contributed by atoms with Gasteiger partial charge < -0.3 is 16.0 Å². The van der Waals surface area contributed by atoms with Crippen LogP contribution in [0.3, 0.4) is 0 Å². The number of anilines is 1. The Bertz CT molecular complexity index is 858. The summed E-state index contributed by atoms with van der Waals surface area (Å²) in [5.74, 6) is -1.04. The Morgan fingerprint density at radius 3 is 2.76 bits per heavy atom. The average Bonchev–Trinajstić information content (AvgIpc) is 3.18. The molecule has 3 heterocycles. The van der Waals surface area contributed by atoms with Gasteiger partial charge in [0.05, 0.1) is 33.3 Å². The SMILES string of the molecule is CC[NH+]1CCc2c(sc(NC(=O)c3ccc([N+](=O)[O-])s3)c2C(N)=O)C1. The van der Waals surface area contributed by atoms with Crippen LogP contribution in [0.4, 0.5) is 10.0 Å². The molecule has 132 valence electrons. The first-order valence-electron chi connectivity index (χ1n) is 7.74. The molecule has 8 nitrogen and oxygen atoms in total. The van der Waals surface area contributed by atoms with Gasteiger partial charge in [-0.3, -0.25) is 19.7 Å². The number of hydrogen-bond acceptors (Lipinski definition) is 6. The maximum Gasteiger partial charge on any atom is 0.324 e. The number of rotatable bonds is 5. The van der Waals surface area contributed by atoms with E-state index in [-0.39, 0.29) is 9.88 Å². The predicted molar refractivity (Wildman–Crippen MR) is 95.5 cm³/mol. The molecule has 1 unspecified atom stereocenters. The van der Waals surface area contributed by atoms with E-state index < -0.39 is 16.7 Å². The molecule has 2 aromatic heterocycles. The van der Waals surface area contributed by atoms with Crippen LogP contribution in [0, 0.1) is 10.1 Å². The van der Waals surface area contributed by atoms with Gasteiger partial charge in [-0.15, -0.1) is 11.3 Å². The minimum absolute atomic E-state index is 0.104. The molecule has 0 aromatic carbocycles. The molecule has 2 amide bonds. The highest BCUT2D eigenvalue weighted by Gasteiger charge is 2.29. The third kappa shape index (κ3) is 3.41. The Hall–Kier alpha value is -2.30. The summed E-state index contributed by atoms with van der Waals surface area (Å²) in [5.41, 5.74) is 6.82. The number of quaternary nitrogens is 1. The Kier molecular flexibility index (Phi) is 4.84. The minimum Gasteiger partial charge on any atom is -0.365 e. The van der Waals surface area contributed by atoms with E-state index in [1.165, 1.54) is 28.4 Å². The van der Waals surface area contributed by atoms with E-state index >= 15 is 0 Å². The summed E-state index contributed by atoms with van der Waals surface area (Å²) < 4.78 is 0. The molecule has 1 atom stereocenters. The molecule has 0 bridgehead atoms. The fourth-order valence-electron chi connectivity index (χ4n) is 2.90. The van der Waals surface area contributed by atoms with Crippen molar-refractivity contribution in [3.05, 3.63) is 43.1 Å². The fourth-order valence-corrected chi connectivity index (χ4v) is 4.94. The molecular weight excluding hydrogens is 364 g/mol. The number of carbonyl (C=O) groups excluding carboxylic acids is 2. The van der Waals surface area contributed by atoms with Gasteiger partial charge in [0.2, 0.25) is 0 Å². The molecule has 0 aliphatic carbocycles. The Morgan fingerprint density at radius 2 is 2.16 bits per heavy atom. The number of primary amides is 1. The van der Waals surface area contributed by atoms with Crippen LogP contribution in [0.2, 0.25) is 0 Å². The van der Waals surface area contributed by atoms with Crippen LogP contribution in [-0.4, -0.2) is 29.8 Å². The maximum absolute atomic E-state index is 12.4. The number of likely N-dealkylation sites (N-methyl/N-ethyl adjacent to an activating group) is 1. The van der Waals surface area contributed by atoms with Crippen LogP contribution in [-0.2, 0) is 13.0 Å². The second-order valence-corrected chi connectivity index (χ2v) is 7.87. The third-order valence-corrected chi connectivity index (χ3v) is 6.38. The zero-order valence-corrected chi connectivity index (χ0v) is 15.1. The Balaban J connectivity index is 1.89. The number of carbonyl (C=O) groups is 2. The lowest BCUT2D eigenvalue weighted by Crippen LogP contribution is -3.11. The van der Waals surface area contributed by atoms with Crippen LogP contribution in [0.25, 0.3) is 0 Å². The van der Waals surface area contributed by atoms with Crippen molar-refractivity contribution in [1.29, 1.82) is 0 Å². The first-order valence-corrected chi connectivity index (χ1v) is 9.37. The number of amides is 2. The minimum atomic E-state index is -0.565. The predicted octanol–water partition coefficient (Wildman–Crippen LogP) is 1.03. The summed E-state index contributed by atoms with van der Waals surface area (Å²) in [5, 5.41) is 13.8. The molecule has 3 rings (SSSR count). The lowest BCUT2D eigenvalue weighted by molar-refractivity contribution is -0.913. The fraction of sp³-hybridized carbons (Fsp3) is 0.333. The summed E-state index contributed by atoms with van der Waals surface area (Å²) >= 11 is 2.16. The molecule has 1 aliphatic heterocycles. The highest BCUT2D eigenvalue weighted by Crippen LogP contribution is 2.35. The molecule has 4 N–H and O–H groups in total. The molecule has 1 aliphatic rings. The molecular formula is C15H17N4O4S2+. The van der Waals surface area contributed by atoms with Gasteiger partial charge in [-0.2, -0.15) is 0 Å². The quantitative estimate of drug-likeness (QED) is 0.529. The van der Waals surface area contributed by atoms with Gasteiger partial charge in [-0.05, 0) is 18.6 Å². The van der Waals surface area contributed by atoms with Gasteiger partial charge in [0.15, 0.2) is 0 Å². The van der Waals surface area contributed by atoms with Crippen molar-refractivity contribution >= 4 is 44.5 Å². The first kappa shape index (κ1) is 17.5. The number of nitrogens with zero attached hydrogens (tertiary/aromatic N) is 1. The molecule has 10 heteroatoms. The largest absolute Gasteiger partial charge is 0.365 e. The molecule has 0 saturated heterocycles. The molecule has 0 saturated carbocycles. The topological polar surface area (TPSA) is 120 Å². The lowest BCUT2D eigenvalue weighted by Gasteiger charge is -2.22. The molecule has 0 spiro atoms. The van der Waals surface area contributed by atoms with Gasteiger partial charge in [0, 0.05) is 12.5 Å². The zero-order chi connectivity index (χ0) is 18.1. The van der Waals surface area contributed by atoms with E-state index in [0.29, 0.717) is 10.6 Å². The Labute approximate surface area is 151 Å². The van der Waals surface area contributed by atoms with Crippen molar-refractivity contribution in [3.8, 4) is 0 Å². The van der Waals surface area contributed by atoms with E-state index in [9.17, 15) is 19.7 Å². The van der Waals surface area contributed by atoms with Crippen molar-refractivity contribution in [2.45, 2.75) is 19.9 Å². The molecule has 25 heavy (non-hydrogen) atoms. The second-order valence-electron chi connectivity index (χ2n) is 5.70. The normalized spacial score (nSPS) is 16.3. The molecule has 0 radical (unpaired) electrons. The van der Waals surface area contributed by atoms with Gasteiger partial charge >= 0.3 is 5.00 Å². The number of thiophene rings is 2. The zero-order valence-electron chi connectivity index (χ0n) is 13.5. The summed E-state index contributed by atoms with van der Waals surface area (Å²) in [6.07, 6.45) is 0.744. The van der Waals surface area contributed by atoms with Crippen molar-refractivity contribution < 1.29 is 19.4 Å². The van der Waals surface area contributed by atoms with Gasteiger partial charge in [0.25, 0.3) is 11.8 Å². The molecule has 2 aromatic rings. The average molecular weight is 381 g/mol. The van der Waals surface area contributed by atoms with E-state index in [0.717, 1.165) is 47.8 Å². The van der Waals surface area contributed by atoms with Crippen molar-refractivity contribution in [2.75, 3.05) is 18.4 Å². The van der Waals surface area contributed by atoms with E-state index in [1.54, 1.807) is 0 Å². The maximum atomic E-state index is 12.4. The number of hydrogen-bond donors (Lipinski definition) is 3. The van der Waals surface area contributed by atoms with E-state index in [1.807, 2.05) is 0 Å².